The molecule has 3 aromatic carbocycles. The van der Waals surface area contributed by atoms with E-state index in [2.05, 4.69) is 15.5 Å². The van der Waals surface area contributed by atoms with Crippen LogP contribution in [0.25, 0.3) is 0 Å². The Morgan fingerprint density at radius 2 is 1.46 bits per heavy atom. The van der Waals surface area contributed by atoms with Crippen molar-refractivity contribution in [3.05, 3.63) is 84.4 Å². The summed E-state index contributed by atoms with van der Waals surface area (Å²) in [6.07, 6.45) is 0.249. The average Bonchev–Trinajstić information content (AvgIpc) is 2.68. The predicted molar refractivity (Wildman–Crippen MR) is 102 cm³/mol. The Bertz CT molecular complexity index is 891. The zero-order chi connectivity index (χ0) is 18.2. The molecule has 0 fully saturated rings. The third kappa shape index (κ3) is 4.77. The number of hydrogen-bond acceptors (Lipinski definition) is 4. The van der Waals surface area contributed by atoms with Crippen molar-refractivity contribution in [3.63, 3.8) is 0 Å². The van der Waals surface area contributed by atoms with Gasteiger partial charge >= 0.3 is 0 Å². The summed E-state index contributed by atoms with van der Waals surface area (Å²) in [6, 6.07) is 24.2. The first-order chi connectivity index (χ1) is 12.7. The summed E-state index contributed by atoms with van der Waals surface area (Å²) < 4.78 is 5.27. The molecule has 1 amide bonds. The Morgan fingerprint density at radius 1 is 0.846 bits per heavy atom. The molecule has 130 valence electrons. The standard InChI is InChI=1S/C21H19N3O2/c1-26-20-10-6-5-7-16(20)15-21(25)22-17-11-13-19(14-12-17)24-23-18-8-3-2-4-9-18/h2-14H,15H2,1H3,(H,22,25). The van der Waals surface area contributed by atoms with Crippen molar-refractivity contribution in [2.24, 2.45) is 10.2 Å². The SMILES string of the molecule is COc1ccccc1CC(=O)Nc1ccc(N=Nc2ccccc2)cc1. The fourth-order valence-corrected chi connectivity index (χ4v) is 2.45. The highest BCUT2D eigenvalue weighted by atomic mass is 16.5. The second-order valence-electron chi connectivity index (χ2n) is 5.62. The zero-order valence-electron chi connectivity index (χ0n) is 14.4. The van der Waals surface area contributed by atoms with Crippen molar-refractivity contribution in [3.8, 4) is 5.75 Å². The number of nitrogens with zero attached hydrogens (tertiary/aromatic N) is 2. The number of methoxy groups -OCH3 is 1. The molecule has 0 atom stereocenters. The number of carbonyl (C=O) groups is 1. The third-order valence-corrected chi connectivity index (χ3v) is 3.73. The number of ether oxygens (including phenoxy) is 1. The molecule has 0 spiro atoms. The molecule has 5 nitrogen and oxygen atoms in total. The molecule has 3 rings (SSSR count). The number of nitrogens with one attached hydrogen (secondary N) is 1. The Kier molecular flexibility index (Phi) is 5.72. The second kappa shape index (κ2) is 8.58. The molecule has 0 saturated carbocycles. The van der Waals surface area contributed by atoms with Gasteiger partial charge in [0, 0.05) is 11.3 Å². The highest BCUT2D eigenvalue weighted by Crippen LogP contribution is 2.21. The van der Waals surface area contributed by atoms with Crippen molar-refractivity contribution in [1.29, 1.82) is 0 Å². The van der Waals surface area contributed by atoms with Gasteiger partial charge in [-0.1, -0.05) is 36.4 Å². The quantitative estimate of drug-likeness (QED) is 0.617. The number of azo groups is 1. The summed E-state index contributed by atoms with van der Waals surface area (Å²) >= 11 is 0. The van der Waals surface area contributed by atoms with Crippen LogP contribution in [0.2, 0.25) is 0 Å². The van der Waals surface area contributed by atoms with E-state index in [1.807, 2.05) is 66.7 Å². The molecule has 3 aromatic rings. The monoisotopic (exact) mass is 345 g/mol. The van der Waals surface area contributed by atoms with Gasteiger partial charge in [0.05, 0.1) is 24.9 Å². The van der Waals surface area contributed by atoms with E-state index in [-0.39, 0.29) is 12.3 Å². The lowest BCUT2D eigenvalue weighted by molar-refractivity contribution is -0.115. The van der Waals surface area contributed by atoms with Gasteiger partial charge in [0.15, 0.2) is 0 Å². The van der Waals surface area contributed by atoms with E-state index >= 15 is 0 Å². The molecular weight excluding hydrogens is 326 g/mol. The van der Waals surface area contributed by atoms with E-state index in [0.717, 1.165) is 16.9 Å². The minimum Gasteiger partial charge on any atom is -0.496 e. The number of amides is 1. The third-order valence-electron chi connectivity index (χ3n) is 3.73. The summed E-state index contributed by atoms with van der Waals surface area (Å²) in [6.45, 7) is 0. The van der Waals surface area contributed by atoms with E-state index in [9.17, 15) is 4.79 Å². The van der Waals surface area contributed by atoms with Crippen LogP contribution < -0.4 is 10.1 Å². The van der Waals surface area contributed by atoms with Gasteiger partial charge in [0.1, 0.15) is 5.75 Å². The van der Waals surface area contributed by atoms with E-state index in [0.29, 0.717) is 11.4 Å². The second-order valence-corrected chi connectivity index (χ2v) is 5.62. The van der Waals surface area contributed by atoms with Gasteiger partial charge in [-0.3, -0.25) is 4.79 Å². The molecule has 0 radical (unpaired) electrons. The van der Waals surface area contributed by atoms with Crippen LogP contribution in [0.5, 0.6) is 5.75 Å². The predicted octanol–water partition coefficient (Wildman–Crippen LogP) is 5.29. The van der Waals surface area contributed by atoms with Crippen LogP contribution in [-0.4, -0.2) is 13.0 Å². The van der Waals surface area contributed by atoms with E-state index < -0.39 is 0 Å². The van der Waals surface area contributed by atoms with Crippen LogP contribution in [0.1, 0.15) is 5.56 Å². The topological polar surface area (TPSA) is 63.0 Å². The number of anilines is 1. The largest absolute Gasteiger partial charge is 0.496 e. The molecule has 26 heavy (non-hydrogen) atoms. The first-order valence-electron chi connectivity index (χ1n) is 8.23. The lowest BCUT2D eigenvalue weighted by Crippen LogP contribution is -2.14. The molecule has 0 aliphatic heterocycles. The Morgan fingerprint density at radius 3 is 2.15 bits per heavy atom. The van der Waals surface area contributed by atoms with Gasteiger partial charge in [-0.15, -0.1) is 0 Å². The molecular formula is C21H19N3O2. The Hall–Kier alpha value is -3.47. The van der Waals surface area contributed by atoms with Gasteiger partial charge in [-0.05, 0) is 42.5 Å². The first kappa shape index (κ1) is 17.4. The number of hydrogen-bond donors (Lipinski definition) is 1. The van der Waals surface area contributed by atoms with Gasteiger partial charge in [-0.25, -0.2) is 0 Å². The lowest BCUT2D eigenvalue weighted by Gasteiger charge is -2.09. The van der Waals surface area contributed by atoms with Crippen molar-refractivity contribution < 1.29 is 9.53 Å². The number of carbonyl (C=O) groups excluding carboxylic acids is 1. The van der Waals surface area contributed by atoms with Crippen LogP contribution in [0, 0.1) is 0 Å². The van der Waals surface area contributed by atoms with Crippen molar-refractivity contribution in [2.75, 3.05) is 12.4 Å². The van der Waals surface area contributed by atoms with E-state index in [1.165, 1.54) is 0 Å². The van der Waals surface area contributed by atoms with Crippen LogP contribution in [0.3, 0.4) is 0 Å². The fourth-order valence-electron chi connectivity index (χ4n) is 2.45. The fraction of sp³-hybridized carbons (Fsp3) is 0.0952. The van der Waals surface area contributed by atoms with Gasteiger partial charge in [0.25, 0.3) is 0 Å². The van der Waals surface area contributed by atoms with Crippen LogP contribution >= 0.6 is 0 Å². The Labute approximate surface area is 152 Å². The van der Waals surface area contributed by atoms with E-state index in [1.54, 1.807) is 19.2 Å². The van der Waals surface area contributed by atoms with Crippen molar-refractivity contribution in [2.45, 2.75) is 6.42 Å². The average molecular weight is 345 g/mol. The maximum absolute atomic E-state index is 12.2. The minimum absolute atomic E-state index is 0.104. The number of rotatable bonds is 6. The molecule has 1 N–H and O–H groups in total. The Balaban J connectivity index is 1.60. The summed E-state index contributed by atoms with van der Waals surface area (Å²) in [7, 11) is 1.60. The molecule has 0 unspecified atom stereocenters. The number of benzene rings is 3. The highest BCUT2D eigenvalue weighted by molar-refractivity contribution is 5.92. The summed E-state index contributed by atoms with van der Waals surface area (Å²) in [5, 5.41) is 11.2. The summed E-state index contributed by atoms with van der Waals surface area (Å²) in [5.41, 5.74) is 3.07. The van der Waals surface area contributed by atoms with E-state index in [4.69, 9.17) is 4.74 Å². The van der Waals surface area contributed by atoms with Gasteiger partial charge in [0.2, 0.25) is 5.91 Å². The van der Waals surface area contributed by atoms with Gasteiger partial charge in [-0.2, -0.15) is 10.2 Å². The number of para-hydroxylation sites is 1. The molecule has 0 aromatic heterocycles. The van der Waals surface area contributed by atoms with Crippen LogP contribution in [0.4, 0.5) is 17.1 Å². The molecule has 5 heteroatoms. The van der Waals surface area contributed by atoms with Crippen molar-refractivity contribution in [1.82, 2.24) is 0 Å². The van der Waals surface area contributed by atoms with Gasteiger partial charge < -0.3 is 10.1 Å². The van der Waals surface area contributed by atoms with Crippen LogP contribution in [-0.2, 0) is 11.2 Å². The maximum Gasteiger partial charge on any atom is 0.228 e. The minimum atomic E-state index is -0.104. The smallest absolute Gasteiger partial charge is 0.228 e. The summed E-state index contributed by atoms with van der Waals surface area (Å²) in [4.78, 5) is 12.2. The molecule has 0 aliphatic rings. The van der Waals surface area contributed by atoms with Crippen LogP contribution in [0.15, 0.2) is 89.1 Å². The maximum atomic E-state index is 12.2. The normalized spacial score (nSPS) is 10.7. The zero-order valence-corrected chi connectivity index (χ0v) is 14.4. The molecule has 0 bridgehead atoms. The molecule has 0 aliphatic carbocycles. The first-order valence-corrected chi connectivity index (χ1v) is 8.23. The molecule has 0 heterocycles. The lowest BCUT2D eigenvalue weighted by atomic mass is 10.1. The summed E-state index contributed by atoms with van der Waals surface area (Å²) in [5.74, 6) is 0.604. The highest BCUT2D eigenvalue weighted by Gasteiger charge is 2.08. The molecule has 0 saturated heterocycles. The van der Waals surface area contributed by atoms with Crippen molar-refractivity contribution >= 4 is 23.0 Å².